The number of rotatable bonds is 2. The van der Waals surface area contributed by atoms with Gasteiger partial charge in [0.15, 0.2) is 11.5 Å². The van der Waals surface area contributed by atoms with Gasteiger partial charge in [-0.2, -0.15) is 0 Å². The van der Waals surface area contributed by atoms with Crippen LogP contribution in [0.3, 0.4) is 0 Å². The summed E-state index contributed by atoms with van der Waals surface area (Å²) in [6, 6.07) is 11.5. The van der Waals surface area contributed by atoms with Crippen LogP contribution in [0.25, 0.3) is 6.08 Å². The maximum absolute atomic E-state index is 13.3. The predicted octanol–water partition coefficient (Wildman–Crippen LogP) is 4.25. The Hall–Kier alpha value is -2.66. The van der Waals surface area contributed by atoms with Crippen LogP contribution in [0.1, 0.15) is 30.0 Å². The molecule has 0 bridgehead atoms. The molecule has 1 saturated heterocycles. The van der Waals surface area contributed by atoms with Crippen LogP contribution in [0.4, 0.5) is 0 Å². The molecule has 1 atom stereocenters. The summed E-state index contributed by atoms with van der Waals surface area (Å²) in [7, 11) is 0. The second-order valence-electron chi connectivity index (χ2n) is 7.20. The SMILES string of the molecule is O=C(C1=Cc2cc(Cl)ccc2OC1)N1CCC[C@@H]1c1ccc2c(c1)OCCO2. The summed E-state index contributed by atoms with van der Waals surface area (Å²) in [5, 5.41) is 0.627. The van der Waals surface area contributed by atoms with Crippen LogP contribution >= 0.6 is 11.6 Å². The predicted molar refractivity (Wildman–Crippen MR) is 106 cm³/mol. The first-order valence-electron chi connectivity index (χ1n) is 9.52. The molecule has 0 spiro atoms. The molecule has 0 aliphatic carbocycles. The molecule has 3 heterocycles. The van der Waals surface area contributed by atoms with Gasteiger partial charge in [0, 0.05) is 17.1 Å². The highest BCUT2D eigenvalue weighted by Crippen LogP contribution is 2.39. The van der Waals surface area contributed by atoms with Crippen molar-refractivity contribution in [1.82, 2.24) is 4.90 Å². The summed E-state index contributed by atoms with van der Waals surface area (Å²) in [6.07, 6.45) is 3.80. The molecule has 5 nitrogen and oxygen atoms in total. The number of hydrogen-bond donors (Lipinski definition) is 0. The van der Waals surface area contributed by atoms with Crippen LogP contribution in [-0.4, -0.2) is 37.2 Å². The highest BCUT2D eigenvalue weighted by molar-refractivity contribution is 6.30. The zero-order valence-electron chi connectivity index (χ0n) is 15.3. The van der Waals surface area contributed by atoms with E-state index in [0.717, 1.165) is 47.8 Å². The summed E-state index contributed by atoms with van der Waals surface area (Å²) >= 11 is 6.09. The Bertz CT molecular complexity index is 971. The number of nitrogens with zero attached hydrogens (tertiary/aromatic N) is 1. The Labute approximate surface area is 168 Å². The van der Waals surface area contributed by atoms with E-state index in [1.165, 1.54) is 0 Å². The monoisotopic (exact) mass is 397 g/mol. The fourth-order valence-electron chi connectivity index (χ4n) is 4.08. The Morgan fingerprint density at radius 1 is 1.00 bits per heavy atom. The highest BCUT2D eigenvalue weighted by Gasteiger charge is 2.33. The Morgan fingerprint density at radius 3 is 2.71 bits per heavy atom. The maximum atomic E-state index is 13.3. The van der Waals surface area contributed by atoms with E-state index in [4.69, 9.17) is 25.8 Å². The Balaban J connectivity index is 1.42. The topological polar surface area (TPSA) is 48.0 Å². The first-order valence-corrected chi connectivity index (χ1v) is 9.90. The third-order valence-electron chi connectivity index (χ3n) is 5.42. The van der Waals surface area contributed by atoms with Gasteiger partial charge in [-0.1, -0.05) is 17.7 Å². The van der Waals surface area contributed by atoms with Crippen molar-refractivity contribution < 1.29 is 19.0 Å². The van der Waals surface area contributed by atoms with Gasteiger partial charge in [0.05, 0.1) is 11.6 Å². The molecule has 0 N–H and O–H groups in total. The van der Waals surface area contributed by atoms with Gasteiger partial charge in [-0.05, 0) is 54.8 Å². The van der Waals surface area contributed by atoms with E-state index in [-0.39, 0.29) is 18.6 Å². The smallest absolute Gasteiger partial charge is 0.253 e. The third-order valence-corrected chi connectivity index (χ3v) is 5.66. The molecular weight excluding hydrogens is 378 g/mol. The first kappa shape index (κ1) is 17.4. The van der Waals surface area contributed by atoms with Gasteiger partial charge >= 0.3 is 0 Å². The largest absolute Gasteiger partial charge is 0.488 e. The number of amides is 1. The second-order valence-corrected chi connectivity index (χ2v) is 7.64. The van der Waals surface area contributed by atoms with E-state index in [1.54, 1.807) is 6.07 Å². The maximum Gasteiger partial charge on any atom is 0.253 e. The van der Waals surface area contributed by atoms with E-state index in [9.17, 15) is 4.79 Å². The summed E-state index contributed by atoms with van der Waals surface area (Å²) < 4.78 is 17.1. The van der Waals surface area contributed by atoms with Crippen molar-refractivity contribution in [2.45, 2.75) is 18.9 Å². The van der Waals surface area contributed by atoms with Gasteiger partial charge in [0.1, 0.15) is 25.6 Å². The number of likely N-dealkylation sites (tertiary alicyclic amines) is 1. The van der Waals surface area contributed by atoms with Crippen LogP contribution in [0.15, 0.2) is 42.0 Å². The lowest BCUT2D eigenvalue weighted by molar-refractivity contribution is -0.128. The van der Waals surface area contributed by atoms with E-state index < -0.39 is 0 Å². The van der Waals surface area contributed by atoms with Crippen molar-refractivity contribution in [1.29, 1.82) is 0 Å². The quantitative estimate of drug-likeness (QED) is 0.760. The van der Waals surface area contributed by atoms with Crippen molar-refractivity contribution in [2.24, 2.45) is 0 Å². The molecule has 2 aromatic rings. The molecule has 2 aromatic carbocycles. The average molecular weight is 398 g/mol. The molecule has 6 heteroatoms. The van der Waals surface area contributed by atoms with Crippen molar-refractivity contribution in [3.63, 3.8) is 0 Å². The fraction of sp³-hybridized carbons (Fsp3) is 0.318. The standard InChI is InChI=1S/C22H20ClNO4/c23-17-4-6-19-15(11-17)10-16(13-28-19)22(25)24-7-1-2-18(24)14-3-5-20-21(12-14)27-9-8-26-20/h3-6,10-12,18H,1-2,7-9,13H2/t18-/m1/s1. The zero-order valence-corrected chi connectivity index (χ0v) is 16.1. The lowest BCUT2D eigenvalue weighted by atomic mass is 10.0. The lowest BCUT2D eigenvalue weighted by Crippen LogP contribution is -2.34. The number of ether oxygens (including phenoxy) is 3. The number of halogens is 1. The molecular formula is C22H20ClNO4. The molecule has 1 fully saturated rings. The van der Waals surface area contributed by atoms with Crippen molar-refractivity contribution in [2.75, 3.05) is 26.4 Å². The summed E-state index contributed by atoms with van der Waals surface area (Å²) in [6.45, 7) is 2.13. The summed E-state index contributed by atoms with van der Waals surface area (Å²) in [5.41, 5.74) is 2.58. The van der Waals surface area contributed by atoms with E-state index in [1.807, 2.05) is 41.3 Å². The highest BCUT2D eigenvalue weighted by atomic mass is 35.5. The number of benzene rings is 2. The first-order chi connectivity index (χ1) is 13.7. The van der Waals surface area contributed by atoms with Gasteiger partial charge in [-0.3, -0.25) is 4.79 Å². The summed E-state index contributed by atoms with van der Waals surface area (Å²) in [4.78, 5) is 15.2. The van der Waals surface area contributed by atoms with Crippen LogP contribution in [0.2, 0.25) is 5.02 Å². The van der Waals surface area contributed by atoms with Gasteiger partial charge in [-0.15, -0.1) is 0 Å². The van der Waals surface area contributed by atoms with E-state index in [0.29, 0.717) is 23.8 Å². The lowest BCUT2D eigenvalue weighted by Gasteiger charge is -2.28. The molecule has 1 amide bonds. The number of carbonyl (C=O) groups excluding carboxylic acids is 1. The normalized spacial score (nSPS) is 20.2. The van der Waals surface area contributed by atoms with Crippen LogP contribution in [0.5, 0.6) is 17.2 Å². The molecule has 28 heavy (non-hydrogen) atoms. The second kappa shape index (κ2) is 7.06. The van der Waals surface area contributed by atoms with Crippen molar-refractivity contribution >= 4 is 23.6 Å². The van der Waals surface area contributed by atoms with Crippen LogP contribution in [0, 0.1) is 0 Å². The molecule has 3 aliphatic heterocycles. The molecule has 5 rings (SSSR count). The van der Waals surface area contributed by atoms with Crippen LogP contribution < -0.4 is 14.2 Å². The molecule has 0 aromatic heterocycles. The Kier molecular flexibility index (Phi) is 4.40. The van der Waals surface area contributed by atoms with Gasteiger partial charge < -0.3 is 19.1 Å². The number of fused-ring (bicyclic) bond motifs is 2. The van der Waals surface area contributed by atoms with Gasteiger partial charge in [0.2, 0.25) is 0 Å². The molecule has 0 radical (unpaired) electrons. The van der Waals surface area contributed by atoms with Gasteiger partial charge in [0.25, 0.3) is 5.91 Å². The Morgan fingerprint density at radius 2 is 1.82 bits per heavy atom. The van der Waals surface area contributed by atoms with E-state index in [2.05, 4.69) is 0 Å². The fourth-order valence-corrected chi connectivity index (χ4v) is 4.26. The molecule has 0 unspecified atom stereocenters. The number of hydrogen-bond acceptors (Lipinski definition) is 4. The minimum Gasteiger partial charge on any atom is -0.488 e. The van der Waals surface area contributed by atoms with Crippen molar-refractivity contribution in [3.05, 3.63) is 58.1 Å². The van der Waals surface area contributed by atoms with Gasteiger partial charge in [-0.25, -0.2) is 0 Å². The average Bonchev–Trinajstić information content (AvgIpc) is 3.22. The number of carbonyl (C=O) groups is 1. The molecule has 3 aliphatic rings. The third kappa shape index (κ3) is 3.10. The minimum absolute atomic E-state index is 0.0167. The minimum atomic E-state index is 0.0167. The van der Waals surface area contributed by atoms with Crippen molar-refractivity contribution in [3.8, 4) is 17.2 Å². The molecule has 144 valence electrons. The molecule has 0 saturated carbocycles. The van der Waals surface area contributed by atoms with E-state index >= 15 is 0 Å². The summed E-state index contributed by atoms with van der Waals surface area (Å²) in [5.74, 6) is 2.29. The zero-order chi connectivity index (χ0) is 19.1. The van der Waals surface area contributed by atoms with Crippen LogP contribution in [-0.2, 0) is 4.79 Å².